The van der Waals surface area contributed by atoms with Crippen LogP contribution >= 0.6 is 0 Å². The number of rotatable bonds is 8. The van der Waals surface area contributed by atoms with Crippen LogP contribution < -0.4 is 4.90 Å². The first kappa shape index (κ1) is 38.7. The van der Waals surface area contributed by atoms with Gasteiger partial charge in [-0.25, -0.2) is 0 Å². The fourth-order valence-electron chi connectivity index (χ4n) is 10.8. The first-order valence-corrected chi connectivity index (χ1v) is 23.1. The van der Waals surface area contributed by atoms with Crippen molar-refractivity contribution in [2.24, 2.45) is 0 Å². The van der Waals surface area contributed by atoms with Crippen molar-refractivity contribution in [3.63, 3.8) is 0 Å². The van der Waals surface area contributed by atoms with E-state index >= 15 is 0 Å². The molecule has 2 heteroatoms. The predicted octanol–water partition coefficient (Wildman–Crippen LogP) is 17.6. The van der Waals surface area contributed by atoms with E-state index in [1.807, 2.05) is 12.1 Å². The summed E-state index contributed by atoms with van der Waals surface area (Å²) in [6.07, 6.45) is 0. The molecule has 11 aromatic carbocycles. The van der Waals surface area contributed by atoms with Gasteiger partial charge in [-0.15, -0.1) is 0 Å². The van der Waals surface area contributed by atoms with Gasteiger partial charge in [-0.2, -0.15) is 0 Å². The van der Waals surface area contributed by atoms with Gasteiger partial charge in [0.1, 0.15) is 11.2 Å². The van der Waals surface area contributed by atoms with Crippen LogP contribution in [-0.4, -0.2) is 0 Å². The molecule has 0 N–H and O–H groups in total. The highest BCUT2D eigenvalue weighted by atomic mass is 16.3. The molecule has 0 aliphatic heterocycles. The Kier molecular flexibility index (Phi) is 9.11. The maximum Gasteiger partial charge on any atom is 0.135 e. The average molecular weight is 854 g/mol. The van der Waals surface area contributed by atoms with E-state index in [-0.39, 0.29) is 0 Å². The fourth-order valence-corrected chi connectivity index (χ4v) is 10.8. The summed E-state index contributed by atoms with van der Waals surface area (Å²) < 4.78 is 6.23. The molecule has 0 unspecified atom stereocenters. The molecule has 0 amide bonds. The summed E-state index contributed by atoms with van der Waals surface area (Å²) >= 11 is 0. The summed E-state index contributed by atoms with van der Waals surface area (Å²) in [5.41, 5.74) is 19.1. The van der Waals surface area contributed by atoms with Crippen LogP contribution in [0.15, 0.2) is 265 Å². The van der Waals surface area contributed by atoms with Crippen LogP contribution in [0.4, 0.5) is 17.1 Å². The van der Waals surface area contributed by atoms with E-state index in [1.165, 1.54) is 66.4 Å². The lowest BCUT2D eigenvalue weighted by Gasteiger charge is -2.35. The first-order chi connectivity index (χ1) is 33.2. The molecule has 0 fully saturated rings. The Bertz CT molecular complexity index is 3750. The molecule has 12 aromatic rings. The van der Waals surface area contributed by atoms with Gasteiger partial charge in [-0.1, -0.05) is 200 Å². The van der Waals surface area contributed by atoms with Gasteiger partial charge in [0.15, 0.2) is 0 Å². The van der Waals surface area contributed by atoms with Crippen LogP contribution in [0.3, 0.4) is 0 Å². The Labute approximate surface area is 390 Å². The van der Waals surface area contributed by atoms with Crippen molar-refractivity contribution in [1.29, 1.82) is 0 Å². The SMILES string of the molecule is c1ccc(C2(c3ccccc3)c3ccccc3-c3ccc(N(c4ccc(-c5ccc(-c6ccc7ccccc7c6)cc5)cc4)c4cccc(-c5ccc6oc7ccccc7c6c5)c4)cc32)cc1. The molecule has 1 aliphatic rings. The molecule has 314 valence electrons. The van der Waals surface area contributed by atoms with E-state index in [1.54, 1.807) is 0 Å². The van der Waals surface area contributed by atoms with Crippen molar-refractivity contribution >= 4 is 49.8 Å². The molecular weight excluding hydrogens is 811 g/mol. The summed E-state index contributed by atoms with van der Waals surface area (Å²) in [6.45, 7) is 0. The van der Waals surface area contributed by atoms with Crippen molar-refractivity contribution in [1.82, 2.24) is 0 Å². The second-order valence-electron chi connectivity index (χ2n) is 17.6. The normalized spacial score (nSPS) is 12.6. The smallest absolute Gasteiger partial charge is 0.135 e. The Balaban J connectivity index is 0.954. The monoisotopic (exact) mass is 853 g/mol. The van der Waals surface area contributed by atoms with Gasteiger partial charge < -0.3 is 9.32 Å². The van der Waals surface area contributed by atoms with Gasteiger partial charge in [0.2, 0.25) is 0 Å². The van der Waals surface area contributed by atoms with Crippen molar-refractivity contribution in [3.8, 4) is 44.5 Å². The van der Waals surface area contributed by atoms with Crippen molar-refractivity contribution in [2.45, 2.75) is 5.41 Å². The van der Waals surface area contributed by atoms with Gasteiger partial charge >= 0.3 is 0 Å². The Morgan fingerprint density at radius 2 is 0.821 bits per heavy atom. The number of furan rings is 1. The third-order valence-corrected chi connectivity index (χ3v) is 13.9. The topological polar surface area (TPSA) is 16.4 Å². The summed E-state index contributed by atoms with van der Waals surface area (Å²) in [5, 5.41) is 4.75. The van der Waals surface area contributed by atoms with E-state index in [9.17, 15) is 0 Å². The minimum atomic E-state index is -0.524. The minimum absolute atomic E-state index is 0.524. The van der Waals surface area contributed by atoms with Gasteiger partial charge in [0.05, 0.1) is 5.41 Å². The van der Waals surface area contributed by atoms with E-state index in [2.05, 4.69) is 254 Å². The molecule has 0 spiro atoms. The quantitative estimate of drug-likeness (QED) is 0.151. The fraction of sp³-hybridized carbons (Fsp3) is 0.0154. The molecule has 1 aromatic heterocycles. The molecule has 2 nitrogen and oxygen atoms in total. The Morgan fingerprint density at radius 3 is 1.60 bits per heavy atom. The average Bonchev–Trinajstić information content (AvgIpc) is 3.93. The molecule has 67 heavy (non-hydrogen) atoms. The minimum Gasteiger partial charge on any atom is -0.456 e. The van der Waals surface area contributed by atoms with Gasteiger partial charge in [0.25, 0.3) is 0 Å². The molecule has 0 bridgehead atoms. The van der Waals surface area contributed by atoms with Crippen molar-refractivity contribution in [3.05, 3.63) is 283 Å². The number of hydrogen-bond donors (Lipinski definition) is 0. The summed E-state index contributed by atoms with van der Waals surface area (Å²) in [5.74, 6) is 0. The van der Waals surface area contributed by atoms with Crippen molar-refractivity contribution < 1.29 is 4.42 Å². The molecule has 0 atom stereocenters. The van der Waals surface area contributed by atoms with Crippen LogP contribution in [0, 0.1) is 0 Å². The van der Waals surface area contributed by atoms with Crippen LogP contribution in [0.5, 0.6) is 0 Å². The van der Waals surface area contributed by atoms with Gasteiger partial charge in [-0.05, 0) is 138 Å². The third kappa shape index (κ3) is 6.41. The number of nitrogens with zero attached hydrogens (tertiary/aromatic N) is 1. The van der Waals surface area contributed by atoms with E-state index < -0.39 is 5.41 Å². The second kappa shape index (κ2) is 15.8. The molecule has 1 aliphatic carbocycles. The summed E-state index contributed by atoms with van der Waals surface area (Å²) in [4.78, 5) is 2.42. The zero-order chi connectivity index (χ0) is 44.3. The van der Waals surface area contributed by atoms with Crippen LogP contribution in [-0.2, 0) is 5.41 Å². The lowest BCUT2D eigenvalue weighted by molar-refractivity contribution is 0.669. The molecule has 0 radical (unpaired) electrons. The number of para-hydroxylation sites is 1. The maximum absolute atomic E-state index is 6.23. The second-order valence-corrected chi connectivity index (χ2v) is 17.6. The predicted molar refractivity (Wildman–Crippen MR) is 280 cm³/mol. The highest BCUT2D eigenvalue weighted by Crippen LogP contribution is 2.57. The molecule has 0 saturated carbocycles. The molecule has 1 heterocycles. The van der Waals surface area contributed by atoms with Crippen LogP contribution in [0.1, 0.15) is 22.3 Å². The van der Waals surface area contributed by atoms with Gasteiger partial charge in [0, 0.05) is 27.8 Å². The molecule has 0 saturated heterocycles. The Hall–Kier alpha value is -8.72. The third-order valence-electron chi connectivity index (χ3n) is 13.9. The lowest BCUT2D eigenvalue weighted by atomic mass is 9.67. The zero-order valence-electron chi connectivity index (χ0n) is 36.7. The highest BCUT2D eigenvalue weighted by molar-refractivity contribution is 6.06. The number of hydrogen-bond acceptors (Lipinski definition) is 2. The number of benzene rings is 11. The first-order valence-electron chi connectivity index (χ1n) is 23.1. The number of fused-ring (bicyclic) bond motifs is 7. The summed E-state index contributed by atoms with van der Waals surface area (Å²) in [7, 11) is 0. The van der Waals surface area contributed by atoms with Crippen molar-refractivity contribution in [2.75, 3.05) is 4.90 Å². The number of anilines is 3. The van der Waals surface area contributed by atoms with Gasteiger partial charge in [-0.3, -0.25) is 0 Å². The highest BCUT2D eigenvalue weighted by Gasteiger charge is 2.46. The zero-order valence-corrected chi connectivity index (χ0v) is 36.7. The maximum atomic E-state index is 6.23. The largest absolute Gasteiger partial charge is 0.456 e. The molecular formula is C65H43NO. The standard InChI is InChI=1S/C65H43NO/c1-3-17-52(18-4-1)65(53-19-5-2-6-20-53)61-24-11-9-22-57(61)58-38-37-56(43-62(58)65)66(55-21-13-16-49(41-55)51-34-39-64-60(42-51)59-23-10-12-25-63(59)67-64)54-35-32-46(33-36-54)45-26-28-47(29-27-45)50-31-30-44-14-7-8-15-48(44)40-50/h1-43H. The van der Waals surface area contributed by atoms with E-state index in [0.29, 0.717) is 0 Å². The van der Waals surface area contributed by atoms with E-state index in [4.69, 9.17) is 4.42 Å². The lowest BCUT2D eigenvalue weighted by Crippen LogP contribution is -2.28. The molecule has 13 rings (SSSR count). The van der Waals surface area contributed by atoms with Crippen LogP contribution in [0.25, 0.3) is 77.2 Å². The Morgan fingerprint density at radius 1 is 0.284 bits per heavy atom. The van der Waals surface area contributed by atoms with Crippen LogP contribution in [0.2, 0.25) is 0 Å². The van der Waals surface area contributed by atoms with E-state index in [0.717, 1.165) is 50.1 Å². The summed E-state index contributed by atoms with van der Waals surface area (Å²) in [6, 6.07) is 95.2.